The fourth-order valence-corrected chi connectivity index (χ4v) is 4.64. The van der Waals surface area contributed by atoms with Gasteiger partial charge in [-0.15, -0.1) is 0 Å². The lowest BCUT2D eigenvalue weighted by atomic mass is 9.77. The minimum absolute atomic E-state index is 0.795. The molecule has 2 saturated carbocycles. The van der Waals surface area contributed by atoms with Gasteiger partial charge in [0.15, 0.2) is 0 Å². The van der Waals surface area contributed by atoms with Crippen LogP contribution in [0.4, 0.5) is 0 Å². The van der Waals surface area contributed by atoms with Gasteiger partial charge >= 0.3 is 0 Å². The van der Waals surface area contributed by atoms with E-state index in [-0.39, 0.29) is 0 Å². The predicted octanol–water partition coefficient (Wildman–Crippen LogP) is 2.78. The molecule has 4 unspecified atom stereocenters. The standard InChI is InChI=1S/C15H28N2/c1-16-13-8-9-14(11-13)17-10-4-6-12-5-2-3-7-15(12)17/h12-16H,2-11H2,1H3. The highest BCUT2D eigenvalue weighted by molar-refractivity contribution is 4.94. The molecule has 2 aliphatic carbocycles. The Morgan fingerprint density at radius 2 is 1.76 bits per heavy atom. The summed E-state index contributed by atoms with van der Waals surface area (Å²) in [5, 5.41) is 3.48. The van der Waals surface area contributed by atoms with Crippen molar-refractivity contribution in [2.75, 3.05) is 13.6 Å². The monoisotopic (exact) mass is 236 g/mol. The smallest absolute Gasteiger partial charge is 0.0126 e. The average Bonchev–Trinajstić information content (AvgIpc) is 2.87. The second kappa shape index (κ2) is 5.27. The fraction of sp³-hybridized carbons (Fsp3) is 1.00. The first kappa shape index (κ1) is 12.0. The lowest BCUT2D eigenvalue weighted by Crippen LogP contribution is -2.51. The van der Waals surface area contributed by atoms with E-state index in [1.54, 1.807) is 0 Å². The maximum absolute atomic E-state index is 3.48. The molecule has 0 amide bonds. The third-order valence-corrected chi connectivity index (χ3v) is 5.57. The molecule has 3 aliphatic rings. The van der Waals surface area contributed by atoms with Crippen molar-refractivity contribution in [1.29, 1.82) is 0 Å². The Bertz CT molecular complexity index is 251. The first-order valence-corrected chi connectivity index (χ1v) is 7.81. The van der Waals surface area contributed by atoms with E-state index in [4.69, 9.17) is 0 Å². The molecule has 0 spiro atoms. The summed E-state index contributed by atoms with van der Waals surface area (Å²) in [5.41, 5.74) is 0. The van der Waals surface area contributed by atoms with Gasteiger partial charge in [0.2, 0.25) is 0 Å². The largest absolute Gasteiger partial charge is 0.317 e. The van der Waals surface area contributed by atoms with Gasteiger partial charge in [-0.05, 0) is 64.5 Å². The minimum atomic E-state index is 0.795. The normalized spacial score (nSPS) is 43.6. The molecule has 0 aromatic rings. The minimum Gasteiger partial charge on any atom is -0.317 e. The van der Waals surface area contributed by atoms with E-state index in [1.807, 2.05) is 0 Å². The quantitative estimate of drug-likeness (QED) is 0.793. The summed E-state index contributed by atoms with van der Waals surface area (Å²) in [6.45, 7) is 1.39. The molecule has 98 valence electrons. The number of fused-ring (bicyclic) bond motifs is 1. The van der Waals surface area contributed by atoms with Crippen LogP contribution in [0.1, 0.15) is 57.8 Å². The van der Waals surface area contributed by atoms with Gasteiger partial charge in [-0.1, -0.05) is 12.8 Å². The van der Waals surface area contributed by atoms with Crippen LogP contribution in [0.3, 0.4) is 0 Å². The molecular formula is C15H28N2. The molecule has 3 rings (SSSR count). The van der Waals surface area contributed by atoms with Crippen LogP contribution in [0.5, 0.6) is 0 Å². The maximum Gasteiger partial charge on any atom is 0.0126 e. The van der Waals surface area contributed by atoms with E-state index in [9.17, 15) is 0 Å². The van der Waals surface area contributed by atoms with Gasteiger partial charge in [-0.25, -0.2) is 0 Å². The zero-order valence-corrected chi connectivity index (χ0v) is 11.3. The van der Waals surface area contributed by atoms with E-state index < -0.39 is 0 Å². The summed E-state index contributed by atoms with van der Waals surface area (Å²) in [4.78, 5) is 2.92. The van der Waals surface area contributed by atoms with Crippen LogP contribution < -0.4 is 5.32 Å². The maximum atomic E-state index is 3.48. The van der Waals surface area contributed by atoms with Crippen molar-refractivity contribution in [2.45, 2.75) is 75.9 Å². The summed E-state index contributed by atoms with van der Waals surface area (Å²) in [5.74, 6) is 1.05. The molecule has 1 N–H and O–H groups in total. The highest BCUT2D eigenvalue weighted by Crippen LogP contribution is 2.39. The SMILES string of the molecule is CNC1CCC(N2CCCC3CCCCC32)C1. The van der Waals surface area contributed by atoms with Gasteiger partial charge in [0.05, 0.1) is 0 Å². The Morgan fingerprint density at radius 3 is 2.59 bits per heavy atom. The van der Waals surface area contributed by atoms with Gasteiger partial charge in [0.25, 0.3) is 0 Å². The van der Waals surface area contributed by atoms with E-state index in [1.165, 1.54) is 64.3 Å². The Balaban J connectivity index is 1.65. The van der Waals surface area contributed by atoms with Crippen LogP contribution in [-0.2, 0) is 0 Å². The van der Waals surface area contributed by atoms with E-state index >= 15 is 0 Å². The summed E-state index contributed by atoms with van der Waals surface area (Å²) in [7, 11) is 2.13. The van der Waals surface area contributed by atoms with E-state index in [0.717, 1.165) is 24.0 Å². The lowest BCUT2D eigenvalue weighted by molar-refractivity contribution is 0.0271. The molecule has 0 aromatic heterocycles. The number of rotatable bonds is 2. The Morgan fingerprint density at radius 1 is 0.941 bits per heavy atom. The third-order valence-electron chi connectivity index (χ3n) is 5.57. The van der Waals surface area contributed by atoms with Crippen LogP contribution >= 0.6 is 0 Å². The zero-order valence-electron chi connectivity index (χ0n) is 11.3. The molecule has 0 aromatic carbocycles. The summed E-state index contributed by atoms with van der Waals surface area (Å²) in [6, 6.07) is 2.65. The van der Waals surface area contributed by atoms with Crippen LogP contribution in [0.15, 0.2) is 0 Å². The number of nitrogens with zero attached hydrogens (tertiary/aromatic N) is 1. The van der Waals surface area contributed by atoms with Crippen molar-refractivity contribution in [3.05, 3.63) is 0 Å². The number of hydrogen-bond donors (Lipinski definition) is 1. The van der Waals surface area contributed by atoms with Gasteiger partial charge in [-0.2, -0.15) is 0 Å². The van der Waals surface area contributed by atoms with Crippen LogP contribution in [0.2, 0.25) is 0 Å². The second-order valence-electron chi connectivity index (χ2n) is 6.44. The van der Waals surface area contributed by atoms with Crippen molar-refractivity contribution < 1.29 is 0 Å². The molecule has 2 heteroatoms. The fourth-order valence-electron chi connectivity index (χ4n) is 4.64. The Labute approximate surface area is 106 Å². The van der Waals surface area contributed by atoms with Crippen molar-refractivity contribution in [2.24, 2.45) is 5.92 Å². The molecular weight excluding hydrogens is 208 g/mol. The zero-order chi connectivity index (χ0) is 11.7. The van der Waals surface area contributed by atoms with Crippen molar-refractivity contribution in [3.8, 4) is 0 Å². The average molecular weight is 236 g/mol. The Kier molecular flexibility index (Phi) is 3.72. The highest BCUT2D eigenvalue weighted by Gasteiger charge is 2.38. The van der Waals surface area contributed by atoms with Gasteiger partial charge in [0, 0.05) is 18.1 Å². The van der Waals surface area contributed by atoms with Crippen LogP contribution in [-0.4, -0.2) is 36.6 Å². The molecule has 2 nitrogen and oxygen atoms in total. The van der Waals surface area contributed by atoms with Gasteiger partial charge < -0.3 is 5.32 Å². The number of nitrogens with one attached hydrogen (secondary N) is 1. The molecule has 1 heterocycles. The van der Waals surface area contributed by atoms with Gasteiger partial charge in [-0.3, -0.25) is 4.90 Å². The first-order valence-electron chi connectivity index (χ1n) is 7.81. The van der Waals surface area contributed by atoms with E-state index in [0.29, 0.717) is 0 Å². The van der Waals surface area contributed by atoms with Crippen molar-refractivity contribution >= 4 is 0 Å². The number of piperidine rings is 1. The molecule has 0 bridgehead atoms. The van der Waals surface area contributed by atoms with E-state index in [2.05, 4.69) is 17.3 Å². The molecule has 17 heavy (non-hydrogen) atoms. The summed E-state index contributed by atoms with van der Waals surface area (Å²) in [6.07, 6.45) is 13.2. The molecule has 0 radical (unpaired) electrons. The third kappa shape index (κ3) is 2.39. The molecule has 1 aliphatic heterocycles. The number of likely N-dealkylation sites (tertiary alicyclic amines) is 1. The first-order chi connectivity index (χ1) is 8.38. The highest BCUT2D eigenvalue weighted by atomic mass is 15.2. The van der Waals surface area contributed by atoms with Gasteiger partial charge in [0.1, 0.15) is 0 Å². The Hall–Kier alpha value is -0.0800. The summed E-state index contributed by atoms with van der Waals surface area (Å²) < 4.78 is 0. The van der Waals surface area contributed by atoms with Crippen LogP contribution in [0.25, 0.3) is 0 Å². The predicted molar refractivity (Wildman–Crippen MR) is 72.2 cm³/mol. The summed E-state index contributed by atoms with van der Waals surface area (Å²) >= 11 is 0. The molecule has 1 saturated heterocycles. The topological polar surface area (TPSA) is 15.3 Å². The lowest BCUT2D eigenvalue weighted by Gasteiger charge is -2.47. The second-order valence-corrected chi connectivity index (χ2v) is 6.44. The van der Waals surface area contributed by atoms with Crippen LogP contribution in [0, 0.1) is 5.92 Å². The molecule has 4 atom stereocenters. The van der Waals surface area contributed by atoms with Crippen molar-refractivity contribution in [1.82, 2.24) is 10.2 Å². The number of hydrogen-bond acceptors (Lipinski definition) is 2. The molecule has 3 fully saturated rings. The van der Waals surface area contributed by atoms with Crippen molar-refractivity contribution in [3.63, 3.8) is 0 Å².